The van der Waals surface area contributed by atoms with Gasteiger partial charge >= 0.3 is 5.97 Å². The van der Waals surface area contributed by atoms with Crippen molar-refractivity contribution < 1.29 is 23.9 Å². The van der Waals surface area contributed by atoms with Gasteiger partial charge in [-0.1, -0.05) is 30.3 Å². The van der Waals surface area contributed by atoms with E-state index in [9.17, 15) is 14.4 Å². The topological polar surface area (TPSA) is 93.7 Å². The second-order valence-corrected chi connectivity index (χ2v) is 6.28. The van der Waals surface area contributed by atoms with Gasteiger partial charge in [0.05, 0.1) is 0 Å². The second-order valence-electron chi connectivity index (χ2n) is 6.28. The van der Waals surface area contributed by atoms with Gasteiger partial charge in [-0.05, 0) is 43.2 Å². The van der Waals surface area contributed by atoms with E-state index in [0.717, 1.165) is 11.1 Å². The van der Waals surface area contributed by atoms with Crippen molar-refractivity contribution in [3.05, 3.63) is 71.1 Å². The molecule has 1 aliphatic heterocycles. The number of nitrogens with one attached hydrogen (secondary N) is 2. The van der Waals surface area contributed by atoms with Crippen LogP contribution in [0.2, 0.25) is 0 Å². The molecule has 1 amide bonds. The van der Waals surface area contributed by atoms with E-state index in [-0.39, 0.29) is 18.1 Å². The molecule has 0 aliphatic carbocycles. The number of rotatable bonds is 6. The molecular weight excluding hydrogens is 360 g/mol. The van der Waals surface area contributed by atoms with Crippen molar-refractivity contribution in [2.24, 2.45) is 0 Å². The summed E-state index contributed by atoms with van der Waals surface area (Å²) in [4.78, 5) is 36.5. The van der Waals surface area contributed by atoms with Gasteiger partial charge < -0.3 is 20.1 Å². The van der Waals surface area contributed by atoms with E-state index in [0.29, 0.717) is 11.4 Å². The highest BCUT2D eigenvalue weighted by atomic mass is 16.5. The van der Waals surface area contributed by atoms with Crippen LogP contribution in [0.4, 0.5) is 11.4 Å². The minimum Gasteiger partial charge on any atom is -0.470 e. The average molecular weight is 380 g/mol. The van der Waals surface area contributed by atoms with Crippen molar-refractivity contribution in [2.45, 2.75) is 13.8 Å². The van der Waals surface area contributed by atoms with Crippen LogP contribution >= 0.6 is 0 Å². The Kier molecular flexibility index (Phi) is 5.74. The number of anilines is 2. The van der Waals surface area contributed by atoms with Gasteiger partial charge in [-0.25, -0.2) is 4.79 Å². The van der Waals surface area contributed by atoms with Crippen molar-refractivity contribution in [2.75, 3.05) is 23.8 Å². The Labute approximate surface area is 162 Å². The Morgan fingerprint density at radius 2 is 1.82 bits per heavy atom. The molecule has 0 saturated heterocycles. The summed E-state index contributed by atoms with van der Waals surface area (Å²) >= 11 is 0. The van der Waals surface area contributed by atoms with Crippen LogP contribution < -0.4 is 10.6 Å². The minimum absolute atomic E-state index is 0.0242. The van der Waals surface area contributed by atoms with E-state index < -0.39 is 24.3 Å². The molecule has 2 aromatic rings. The quantitative estimate of drug-likeness (QED) is 0.591. The maximum atomic E-state index is 12.3. The molecule has 28 heavy (non-hydrogen) atoms. The molecule has 0 fully saturated rings. The number of hydrogen-bond donors (Lipinski definition) is 2. The molecule has 0 atom stereocenters. The molecule has 1 heterocycles. The van der Waals surface area contributed by atoms with E-state index >= 15 is 0 Å². The molecule has 0 unspecified atom stereocenters. The fourth-order valence-corrected chi connectivity index (χ4v) is 2.64. The van der Waals surface area contributed by atoms with Crippen molar-refractivity contribution in [3.8, 4) is 0 Å². The number of benzene rings is 2. The third-order valence-corrected chi connectivity index (χ3v) is 4.30. The molecule has 0 radical (unpaired) electrons. The van der Waals surface area contributed by atoms with Crippen LogP contribution in [0.15, 0.2) is 60.0 Å². The van der Waals surface area contributed by atoms with Gasteiger partial charge in [-0.2, -0.15) is 0 Å². The lowest BCUT2D eigenvalue weighted by molar-refractivity contribution is -0.144. The fraction of sp³-hybridized carbons (Fsp3) is 0.190. The average Bonchev–Trinajstić information content (AvgIpc) is 3.04. The van der Waals surface area contributed by atoms with Crippen LogP contribution in [0.5, 0.6) is 0 Å². The van der Waals surface area contributed by atoms with Gasteiger partial charge in [0.25, 0.3) is 5.91 Å². The molecule has 7 heteroatoms. The van der Waals surface area contributed by atoms with Crippen molar-refractivity contribution in [1.82, 2.24) is 0 Å². The zero-order valence-corrected chi connectivity index (χ0v) is 15.6. The van der Waals surface area contributed by atoms with E-state index in [1.807, 2.05) is 32.0 Å². The lowest BCUT2D eigenvalue weighted by Gasteiger charge is -2.11. The lowest BCUT2D eigenvalue weighted by Crippen LogP contribution is -2.24. The largest absolute Gasteiger partial charge is 0.470 e. The SMILES string of the molecule is Cc1cccc(NC(=O)COC(=O)C2=C(Nc3ccccc3)OCC2=O)c1C. The highest BCUT2D eigenvalue weighted by Gasteiger charge is 2.32. The maximum absolute atomic E-state index is 12.3. The maximum Gasteiger partial charge on any atom is 0.347 e. The number of ketones is 1. The van der Waals surface area contributed by atoms with Gasteiger partial charge in [-0.3, -0.25) is 9.59 Å². The fourth-order valence-electron chi connectivity index (χ4n) is 2.64. The summed E-state index contributed by atoms with van der Waals surface area (Å²) in [5.41, 5.74) is 3.03. The van der Waals surface area contributed by atoms with Gasteiger partial charge in [0.15, 0.2) is 18.8 Å². The molecule has 0 saturated carbocycles. The number of Topliss-reactive ketones (excluding diaryl/α,β-unsaturated/α-hetero) is 1. The predicted octanol–water partition coefficient (Wildman–Crippen LogP) is 2.71. The first-order chi connectivity index (χ1) is 13.5. The van der Waals surface area contributed by atoms with Crippen molar-refractivity contribution in [1.29, 1.82) is 0 Å². The number of para-hydroxylation sites is 1. The van der Waals surface area contributed by atoms with Crippen molar-refractivity contribution in [3.63, 3.8) is 0 Å². The molecular formula is C21H20N2O5. The third-order valence-electron chi connectivity index (χ3n) is 4.30. The van der Waals surface area contributed by atoms with Crippen LogP contribution in [0.3, 0.4) is 0 Å². The van der Waals surface area contributed by atoms with E-state index in [1.54, 1.807) is 30.3 Å². The van der Waals surface area contributed by atoms with Crippen LogP contribution in [-0.2, 0) is 23.9 Å². The number of amides is 1. The lowest BCUT2D eigenvalue weighted by atomic mass is 10.1. The molecule has 0 aromatic heterocycles. The van der Waals surface area contributed by atoms with E-state index in [2.05, 4.69) is 10.6 Å². The Balaban J connectivity index is 1.64. The number of esters is 1. The summed E-state index contributed by atoms with van der Waals surface area (Å²) < 4.78 is 10.3. The predicted molar refractivity (Wildman–Crippen MR) is 104 cm³/mol. The first-order valence-electron chi connectivity index (χ1n) is 8.71. The normalized spacial score (nSPS) is 13.1. The molecule has 1 aliphatic rings. The van der Waals surface area contributed by atoms with Gasteiger partial charge in [0.2, 0.25) is 11.7 Å². The van der Waals surface area contributed by atoms with Gasteiger partial charge in [-0.15, -0.1) is 0 Å². The molecule has 0 spiro atoms. The number of carbonyl (C=O) groups is 3. The van der Waals surface area contributed by atoms with Crippen LogP contribution in [-0.4, -0.2) is 30.9 Å². The Morgan fingerprint density at radius 1 is 1.07 bits per heavy atom. The highest BCUT2D eigenvalue weighted by Crippen LogP contribution is 2.21. The van der Waals surface area contributed by atoms with Crippen LogP contribution in [0.1, 0.15) is 11.1 Å². The molecule has 3 rings (SSSR count). The van der Waals surface area contributed by atoms with Gasteiger partial charge in [0, 0.05) is 11.4 Å². The summed E-state index contributed by atoms with van der Waals surface area (Å²) in [6.45, 7) is 3.05. The summed E-state index contributed by atoms with van der Waals surface area (Å²) in [5.74, 6) is -1.88. The highest BCUT2D eigenvalue weighted by molar-refractivity contribution is 6.20. The number of carbonyl (C=O) groups excluding carboxylic acids is 3. The van der Waals surface area contributed by atoms with E-state index in [4.69, 9.17) is 9.47 Å². The first kappa shape index (κ1) is 19.2. The Bertz CT molecular complexity index is 951. The van der Waals surface area contributed by atoms with E-state index in [1.165, 1.54) is 0 Å². The second kappa shape index (κ2) is 8.39. The minimum atomic E-state index is -0.906. The monoisotopic (exact) mass is 380 g/mol. The summed E-state index contributed by atoms with van der Waals surface area (Å²) in [5, 5.41) is 5.57. The zero-order valence-electron chi connectivity index (χ0n) is 15.6. The molecule has 0 bridgehead atoms. The molecule has 7 nitrogen and oxygen atoms in total. The summed E-state index contributed by atoms with van der Waals surface area (Å²) in [7, 11) is 0. The Morgan fingerprint density at radius 3 is 2.57 bits per heavy atom. The van der Waals surface area contributed by atoms with Crippen LogP contribution in [0.25, 0.3) is 0 Å². The van der Waals surface area contributed by atoms with Crippen LogP contribution in [0, 0.1) is 13.8 Å². The number of ether oxygens (including phenoxy) is 2. The molecule has 2 aromatic carbocycles. The molecule has 144 valence electrons. The smallest absolute Gasteiger partial charge is 0.347 e. The summed E-state index contributed by atoms with van der Waals surface area (Å²) in [6, 6.07) is 14.5. The number of hydrogen-bond acceptors (Lipinski definition) is 6. The van der Waals surface area contributed by atoms with Gasteiger partial charge in [0.1, 0.15) is 0 Å². The summed E-state index contributed by atoms with van der Waals surface area (Å²) in [6.07, 6.45) is 0. The number of aryl methyl sites for hydroxylation is 1. The van der Waals surface area contributed by atoms with Crippen molar-refractivity contribution >= 4 is 29.0 Å². The zero-order chi connectivity index (χ0) is 20.1. The molecule has 2 N–H and O–H groups in total. The third kappa shape index (κ3) is 4.37. The Hall–Kier alpha value is -3.61. The first-order valence-corrected chi connectivity index (χ1v) is 8.71. The standard InChI is InChI=1S/C21H20N2O5/c1-13-7-6-10-16(14(13)2)23-18(25)12-28-21(26)19-17(24)11-27-20(19)22-15-8-4-3-5-9-15/h3-10,22H,11-12H2,1-2H3,(H,23,25).